The standard InChI is InChI=1S/C10H11N5O4S/c1-18-6-2-3-8(7(4-6)15(16)17)19-5-9-13-14-10(12-11)20-9/h2-4H,5,11H2,1H3,(H,12,14). The highest BCUT2D eigenvalue weighted by atomic mass is 32.1. The Balaban J connectivity index is 2.14. The molecule has 2 rings (SSSR count). The molecule has 106 valence electrons. The predicted octanol–water partition coefficient (Wildman–Crippen LogP) is 1.32. The Hall–Kier alpha value is -2.46. The third kappa shape index (κ3) is 3.10. The van der Waals surface area contributed by atoms with Crippen LogP contribution in [0.1, 0.15) is 5.01 Å². The number of nitro benzene ring substituents is 1. The summed E-state index contributed by atoms with van der Waals surface area (Å²) in [6, 6.07) is 4.34. The second kappa shape index (κ2) is 6.12. The number of benzene rings is 1. The van der Waals surface area contributed by atoms with E-state index in [0.29, 0.717) is 15.9 Å². The van der Waals surface area contributed by atoms with E-state index in [-0.39, 0.29) is 18.0 Å². The molecule has 0 fully saturated rings. The summed E-state index contributed by atoms with van der Waals surface area (Å²) < 4.78 is 10.3. The minimum Gasteiger partial charge on any atom is -0.496 e. The first-order valence-electron chi connectivity index (χ1n) is 5.38. The van der Waals surface area contributed by atoms with Crippen LogP contribution in [0, 0.1) is 10.1 Å². The van der Waals surface area contributed by atoms with E-state index in [0.717, 1.165) is 0 Å². The molecule has 0 aliphatic carbocycles. The van der Waals surface area contributed by atoms with Crippen LogP contribution in [0.2, 0.25) is 0 Å². The average Bonchev–Trinajstić information content (AvgIpc) is 2.92. The number of nitrogen functional groups attached to an aromatic ring is 1. The van der Waals surface area contributed by atoms with Crippen LogP contribution >= 0.6 is 11.3 Å². The van der Waals surface area contributed by atoms with E-state index in [1.54, 1.807) is 6.07 Å². The lowest BCUT2D eigenvalue weighted by atomic mass is 10.3. The third-order valence-corrected chi connectivity index (χ3v) is 3.13. The van der Waals surface area contributed by atoms with Crippen LogP contribution in [0.15, 0.2) is 18.2 Å². The molecular weight excluding hydrogens is 286 g/mol. The second-order valence-corrected chi connectivity index (χ2v) is 4.59. The van der Waals surface area contributed by atoms with Gasteiger partial charge >= 0.3 is 5.69 Å². The van der Waals surface area contributed by atoms with Gasteiger partial charge in [-0.05, 0) is 12.1 Å². The molecule has 0 radical (unpaired) electrons. The molecule has 1 aromatic heterocycles. The van der Waals surface area contributed by atoms with E-state index in [4.69, 9.17) is 15.3 Å². The molecule has 0 bridgehead atoms. The first-order valence-corrected chi connectivity index (χ1v) is 6.20. The highest BCUT2D eigenvalue weighted by Crippen LogP contribution is 2.31. The van der Waals surface area contributed by atoms with Crippen molar-refractivity contribution >= 4 is 22.2 Å². The van der Waals surface area contributed by atoms with Crippen molar-refractivity contribution in [3.63, 3.8) is 0 Å². The lowest BCUT2D eigenvalue weighted by Crippen LogP contribution is -2.05. The Morgan fingerprint density at radius 3 is 2.90 bits per heavy atom. The van der Waals surface area contributed by atoms with Crippen LogP contribution in [0.4, 0.5) is 10.8 Å². The van der Waals surface area contributed by atoms with Gasteiger partial charge in [-0.3, -0.25) is 15.5 Å². The Morgan fingerprint density at radius 2 is 2.30 bits per heavy atom. The maximum Gasteiger partial charge on any atom is 0.314 e. The molecule has 0 unspecified atom stereocenters. The lowest BCUT2D eigenvalue weighted by Gasteiger charge is -2.06. The Labute approximate surface area is 117 Å². The molecule has 9 nitrogen and oxygen atoms in total. The Kier molecular flexibility index (Phi) is 4.27. The smallest absolute Gasteiger partial charge is 0.314 e. The molecule has 0 spiro atoms. The molecule has 3 N–H and O–H groups in total. The van der Waals surface area contributed by atoms with E-state index in [1.165, 1.54) is 30.6 Å². The zero-order valence-electron chi connectivity index (χ0n) is 10.4. The summed E-state index contributed by atoms with van der Waals surface area (Å²) in [6.45, 7) is 0.0620. The van der Waals surface area contributed by atoms with Gasteiger partial charge in [-0.15, -0.1) is 10.2 Å². The molecule has 0 aliphatic rings. The molecule has 2 aromatic rings. The largest absolute Gasteiger partial charge is 0.496 e. The summed E-state index contributed by atoms with van der Waals surface area (Å²) in [5, 5.41) is 19.5. The van der Waals surface area contributed by atoms with Crippen LogP contribution in [0.5, 0.6) is 11.5 Å². The number of nitrogens with zero attached hydrogens (tertiary/aromatic N) is 3. The van der Waals surface area contributed by atoms with Crippen molar-refractivity contribution in [1.82, 2.24) is 10.2 Å². The maximum atomic E-state index is 11.0. The van der Waals surface area contributed by atoms with Crippen LogP contribution in [0.3, 0.4) is 0 Å². The number of methoxy groups -OCH3 is 1. The quantitative estimate of drug-likeness (QED) is 0.464. The van der Waals surface area contributed by atoms with Gasteiger partial charge < -0.3 is 9.47 Å². The topological polar surface area (TPSA) is 125 Å². The van der Waals surface area contributed by atoms with Crippen LogP contribution in [-0.2, 0) is 6.61 Å². The van der Waals surface area contributed by atoms with Gasteiger partial charge in [-0.1, -0.05) is 11.3 Å². The van der Waals surface area contributed by atoms with Crippen LogP contribution in [0.25, 0.3) is 0 Å². The first-order chi connectivity index (χ1) is 9.63. The average molecular weight is 297 g/mol. The fourth-order valence-corrected chi connectivity index (χ4v) is 1.96. The Morgan fingerprint density at radius 1 is 1.50 bits per heavy atom. The number of nitro groups is 1. The van der Waals surface area contributed by atoms with Gasteiger partial charge in [0, 0.05) is 0 Å². The van der Waals surface area contributed by atoms with Gasteiger partial charge in [0.25, 0.3) is 0 Å². The zero-order chi connectivity index (χ0) is 14.5. The molecule has 20 heavy (non-hydrogen) atoms. The van der Waals surface area contributed by atoms with Gasteiger partial charge in [0.05, 0.1) is 18.1 Å². The number of ether oxygens (including phenoxy) is 2. The van der Waals surface area contributed by atoms with E-state index >= 15 is 0 Å². The summed E-state index contributed by atoms with van der Waals surface area (Å²) >= 11 is 1.20. The fraction of sp³-hybridized carbons (Fsp3) is 0.200. The molecule has 0 saturated carbocycles. The summed E-state index contributed by atoms with van der Waals surface area (Å²) in [5.41, 5.74) is 2.18. The number of aromatic nitrogens is 2. The Bertz CT molecular complexity index is 617. The van der Waals surface area contributed by atoms with E-state index in [1.807, 2.05) is 0 Å². The number of hydrazine groups is 1. The number of nitrogens with one attached hydrogen (secondary N) is 1. The lowest BCUT2D eigenvalue weighted by molar-refractivity contribution is -0.386. The fourth-order valence-electron chi connectivity index (χ4n) is 1.40. The van der Waals surface area contributed by atoms with Crippen LogP contribution in [-0.4, -0.2) is 22.2 Å². The molecule has 0 amide bonds. The van der Waals surface area contributed by atoms with Crippen LogP contribution < -0.4 is 20.7 Å². The van der Waals surface area contributed by atoms with Gasteiger partial charge in [-0.2, -0.15) is 0 Å². The zero-order valence-corrected chi connectivity index (χ0v) is 11.2. The number of rotatable bonds is 6. The first kappa shape index (κ1) is 14.0. The highest BCUT2D eigenvalue weighted by Gasteiger charge is 2.17. The summed E-state index contributed by atoms with van der Waals surface area (Å²) in [5.74, 6) is 5.70. The molecule has 0 atom stereocenters. The van der Waals surface area contributed by atoms with Crippen molar-refractivity contribution in [2.45, 2.75) is 6.61 Å². The predicted molar refractivity (Wildman–Crippen MR) is 71.7 cm³/mol. The second-order valence-electron chi connectivity index (χ2n) is 3.52. The highest BCUT2D eigenvalue weighted by molar-refractivity contribution is 7.15. The summed E-state index contributed by atoms with van der Waals surface area (Å²) in [7, 11) is 1.43. The van der Waals surface area contributed by atoms with Crippen molar-refractivity contribution in [2.75, 3.05) is 12.5 Å². The van der Waals surface area contributed by atoms with Gasteiger partial charge in [-0.25, -0.2) is 5.84 Å². The van der Waals surface area contributed by atoms with Crippen molar-refractivity contribution in [1.29, 1.82) is 0 Å². The normalized spacial score (nSPS) is 10.1. The molecule has 1 aromatic carbocycles. The van der Waals surface area contributed by atoms with Crippen molar-refractivity contribution in [2.24, 2.45) is 5.84 Å². The molecule has 10 heteroatoms. The van der Waals surface area contributed by atoms with E-state index in [2.05, 4.69) is 15.6 Å². The molecular formula is C10H11N5O4S. The molecule has 1 heterocycles. The minimum absolute atomic E-state index is 0.0620. The molecule has 0 aliphatic heterocycles. The van der Waals surface area contributed by atoms with Gasteiger partial charge in [0.1, 0.15) is 12.4 Å². The van der Waals surface area contributed by atoms with E-state index in [9.17, 15) is 10.1 Å². The SMILES string of the molecule is COc1ccc(OCc2nnc(NN)s2)c([N+](=O)[O-])c1. The summed E-state index contributed by atoms with van der Waals surface area (Å²) in [6.07, 6.45) is 0. The summed E-state index contributed by atoms with van der Waals surface area (Å²) in [4.78, 5) is 10.4. The van der Waals surface area contributed by atoms with Gasteiger partial charge in [0.15, 0.2) is 10.8 Å². The van der Waals surface area contributed by atoms with Crippen molar-refractivity contribution in [3.8, 4) is 11.5 Å². The number of hydrogen-bond acceptors (Lipinski definition) is 9. The minimum atomic E-state index is -0.537. The van der Waals surface area contributed by atoms with Gasteiger partial charge in [0.2, 0.25) is 5.13 Å². The molecule has 0 saturated heterocycles. The maximum absolute atomic E-state index is 11.0. The van der Waals surface area contributed by atoms with E-state index < -0.39 is 4.92 Å². The monoisotopic (exact) mass is 297 g/mol. The van der Waals surface area contributed by atoms with Crippen molar-refractivity contribution < 1.29 is 14.4 Å². The number of hydrogen-bond donors (Lipinski definition) is 2. The number of anilines is 1. The number of nitrogens with two attached hydrogens (primary N) is 1. The third-order valence-electron chi connectivity index (χ3n) is 2.30. The van der Waals surface area contributed by atoms with Crippen molar-refractivity contribution in [3.05, 3.63) is 33.3 Å².